The molecule has 1 aromatic heterocycles. The summed E-state index contributed by atoms with van der Waals surface area (Å²) in [6, 6.07) is 19.7. The van der Waals surface area contributed by atoms with Crippen molar-refractivity contribution in [2.75, 3.05) is 0 Å². The quantitative estimate of drug-likeness (QED) is 0.164. The molecule has 1 N–H and O–H groups in total. The van der Waals surface area contributed by atoms with Gasteiger partial charge in [-0.25, -0.2) is 4.98 Å². The minimum atomic E-state index is -0.0746. The van der Waals surface area contributed by atoms with Gasteiger partial charge in [0.2, 0.25) is 0 Å². The highest BCUT2D eigenvalue weighted by molar-refractivity contribution is 6.15. The number of aromatic nitrogens is 1. The number of hydrogen-bond donors (Lipinski definition) is 1. The minimum absolute atomic E-state index is 0.0730. The van der Waals surface area contributed by atoms with Crippen LogP contribution in [-0.2, 0) is 10.8 Å². The summed E-state index contributed by atoms with van der Waals surface area (Å²) < 4.78 is 0. The molecule has 0 radical (unpaired) electrons. The number of nitrogens with zero attached hydrogens (tertiary/aromatic N) is 2. The maximum absolute atomic E-state index is 11.2. The van der Waals surface area contributed by atoms with Crippen LogP contribution in [0.25, 0.3) is 43.4 Å². The standard InChI is InChI=1S/C39H46N2O/c1-36(2,3)26-15-25-16-30-31(37(4,5)6)17-24-14-23-12-11-13-32(40-27-20-38(7,8)22-39(9,10)21-27)28(23)19-29(24)35(30)41-34(25)33(42)18-26/h11-19,42H,20-22H2,1-10H3. The van der Waals surface area contributed by atoms with E-state index in [0.29, 0.717) is 5.52 Å². The topological polar surface area (TPSA) is 45.5 Å². The molecule has 0 aliphatic heterocycles. The van der Waals surface area contributed by atoms with E-state index in [9.17, 15) is 5.11 Å². The molecule has 3 nitrogen and oxygen atoms in total. The Kier molecular flexibility index (Phi) is 6.32. The summed E-state index contributed by atoms with van der Waals surface area (Å²) in [6.45, 7) is 22.8. The van der Waals surface area contributed by atoms with Gasteiger partial charge in [-0.05, 0) is 105 Å². The lowest BCUT2D eigenvalue weighted by Crippen LogP contribution is -2.34. The van der Waals surface area contributed by atoms with Crippen molar-refractivity contribution in [1.29, 1.82) is 0 Å². The van der Waals surface area contributed by atoms with Gasteiger partial charge in [-0.1, -0.05) is 81.4 Å². The normalized spacial score (nSPS) is 17.4. The van der Waals surface area contributed by atoms with Crippen molar-refractivity contribution in [1.82, 2.24) is 4.98 Å². The minimum Gasteiger partial charge on any atom is -0.506 e. The van der Waals surface area contributed by atoms with Gasteiger partial charge in [0.25, 0.3) is 0 Å². The van der Waals surface area contributed by atoms with Crippen LogP contribution in [0.15, 0.2) is 59.6 Å². The summed E-state index contributed by atoms with van der Waals surface area (Å²) in [5.74, 6) is 0.240. The molecule has 3 heteroatoms. The van der Waals surface area contributed by atoms with Crippen molar-refractivity contribution < 1.29 is 5.11 Å². The summed E-state index contributed by atoms with van der Waals surface area (Å²) in [7, 11) is 0. The number of phenols is 1. The van der Waals surface area contributed by atoms with Gasteiger partial charge in [-0.15, -0.1) is 0 Å². The molecule has 4 aromatic carbocycles. The van der Waals surface area contributed by atoms with E-state index < -0.39 is 0 Å². The molecule has 42 heavy (non-hydrogen) atoms. The fourth-order valence-corrected chi connectivity index (χ4v) is 7.55. The van der Waals surface area contributed by atoms with E-state index >= 15 is 0 Å². The van der Waals surface area contributed by atoms with E-state index in [-0.39, 0.29) is 27.4 Å². The van der Waals surface area contributed by atoms with E-state index in [2.05, 4.69) is 118 Å². The molecule has 0 amide bonds. The molecule has 1 heterocycles. The molecule has 218 valence electrons. The fraction of sp³-hybridized carbons (Fsp3) is 0.436. The molecule has 5 aromatic rings. The highest BCUT2D eigenvalue weighted by Crippen LogP contribution is 2.46. The van der Waals surface area contributed by atoms with Crippen molar-refractivity contribution >= 4 is 54.7 Å². The molecule has 0 atom stereocenters. The van der Waals surface area contributed by atoms with Crippen LogP contribution >= 0.6 is 0 Å². The van der Waals surface area contributed by atoms with Crippen molar-refractivity contribution in [3.63, 3.8) is 0 Å². The number of fused-ring (bicyclic) bond motifs is 5. The highest BCUT2D eigenvalue weighted by Gasteiger charge is 2.36. The molecule has 1 fully saturated rings. The Balaban J connectivity index is 1.66. The number of pyridine rings is 1. The van der Waals surface area contributed by atoms with Crippen LogP contribution in [0.4, 0.5) is 5.69 Å². The third-order valence-corrected chi connectivity index (χ3v) is 9.05. The average molecular weight is 559 g/mol. The largest absolute Gasteiger partial charge is 0.506 e. The lowest BCUT2D eigenvalue weighted by molar-refractivity contribution is 0.182. The summed E-state index contributed by atoms with van der Waals surface area (Å²) >= 11 is 0. The molecular formula is C39H46N2O. The predicted molar refractivity (Wildman–Crippen MR) is 182 cm³/mol. The number of aliphatic imine (C=N–C) groups is 1. The van der Waals surface area contributed by atoms with Gasteiger partial charge in [0.1, 0.15) is 11.3 Å². The van der Waals surface area contributed by atoms with E-state index in [1.807, 2.05) is 6.07 Å². The first-order chi connectivity index (χ1) is 19.4. The van der Waals surface area contributed by atoms with Crippen molar-refractivity contribution in [3.05, 3.63) is 65.7 Å². The fourth-order valence-electron chi connectivity index (χ4n) is 7.55. The smallest absolute Gasteiger partial charge is 0.142 e. The number of phenolic OH excluding ortho intramolecular Hbond substituents is 1. The van der Waals surface area contributed by atoms with Gasteiger partial charge in [-0.3, -0.25) is 4.99 Å². The van der Waals surface area contributed by atoms with Gasteiger partial charge in [-0.2, -0.15) is 0 Å². The van der Waals surface area contributed by atoms with Crippen LogP contribution in [0, 0.1) is 10.8 Å². The lowest BCUT2D eigenvalue weighted by atomic mass is 9.64. The number of rotatable bonds is 1. The van der Waals surface area contributed by atoms with E-state index in [1.165, 1.54) is 28.5 Å². The lowest BCUT2D eigenvalue weighted by Gasteiger charge is -2.41. The van der Waals surface area contributed by atoms with Gasteiger partial charge in [0.05, 0.1) is 11.2 Å². The van der Waals surface area contributed by atoms with Crippen molar-refractivity contribution in [2.24, 2.45) is 15.8 Å². The Labute approximate surface area is 251 Å². The second-order valence-electron chi connectivity index (χ2n) is 16.5. The average Bonchev–Trinajstić information content (AvgIpc) is 2.83. The zero-order chi connectivity index (χ0) is 30.4. The van der Waals surface area contributed by atoms with E-state index in [4.69, 9.17) is 9.98 Å². The van der Waals surface area contributed by atoms with Crippen LogP contribution in [0.3, 0.4) is 0 Å². The van der Waals surface area contributed by atoms with Crippen molar-refractivity contribution in [3.8, 4) is 5.75 Å². The maximum Gasteiger partial charge on any atom is 0.142 e. The first-order valence-corrected chi connectivity index (χ1v) is 15.4. The van der Waals surface area contributed by atoms with Gasteiger partial charge >= 0.3 is 0 Å². The Hall–Kier alpha value is -3.46. The first-order valence-electron chi connectivity index (χ1n) is 15.4. The number of hydrogen-bond acceptors (Lipinski definition) is 3. The third kappa shape index (κ3) is 5.16. The number of aromatic hydroxyl groups is 1. The zero-order valence-electron chi connectivity index (χ0n) is 27.2. The first kappa shape index (κ1) is 28.6. The Bertz CT molecular complexity index is 1910. The molecule has 6 rings (SSSR count). The SMILES string of the molecule is CC1(C)CC(=Nc2cccc3cc4cc(C(C)(C)C)c5cc6cc(C(C)(C)C)cc(O)c6nc5c4cc23)CC(C)(C)C1. The third-order valence-electron chi connectivity index (χ3n) is 9.05. The van der Waals surface area contributed by atoms with Gasteiger partial charge in [0.15, 0.2) is 0 Å². The Morgan fingerprint density at radius 2 is 1.38 bits per heavy atom. The summed E-state index contributed by atoms with van der Waals surface area (Å²) in [6.07, 6.45) is 3.27. The second kappa shape index (κ2) is 9.27. The molecule has 0 spiro atoms. The van der Waals surface area contributed by atoms with Gasteiger partial charge < -0.3 is 5.11 Å². The van der Waals surface area contributed by atoms with Crippen LogP contribution < -0.4 is 0 Å². The Morgan fingerprint density at radius 1 is 0.690 bits per heavy atom. The van der Waals surface area contributed by atoms with E-state index in [0.717, 1.165) is 51.2 Å². The van der Waals surface area contributed by atoms with Gasteiger partial charge in [0, 0.05) is 27.3 Å². The molecule has 1 saturated carbocycles. The number of benzene rings is 4. The highest BCUT2D eigenvalue weighted by atomic mass is 16.3. The van der Waals surface area contributed by atoms with Crippen molar-refractivity contribution in [2.45, 2.75) is 99.3 Å². The summed E-state index contributed by atoms with van der Waals surface area (Å²) in [5, 5.41) is 17.9. The molecule has 0 bridgehead atoms. The molecule has 0 unspecified atom stereocenters. The zero-order valence-corrected chi connectivity index (χ0v) is 27.2. The van der Waals surface area contributed by atoms with Crippen LogP contribution in [0.1, 0.15) is 99.6 Å². The van der Waals surface area contributed by atoms with Crippen LogP contribution in [0.5, 0.6) is 5.75 Å². The van der Waals surface area contributed by atoms with Crippen LogP contribution in [0.2, 0.25) is 0 Å². The van der Waals surface area contributed by atoms with E-state index in [1.54, 1.807) is 0 Å². The molecule has 1 aliphatic rings. The predicted octanol–water partition coefficient (Wildman–Crippen LogP) is 11.3. The summed E-state index contributed by atoms with van der Waals surface area (Å²) in [4.78, 5) is 10.5. The second-order valence-corrected chi connectivity index (χ2v) is 16.5. The molecular weight excluding hydrogens is 512 g/mol. The maximum atomic E-state index is 11.2. The Morgan fingerprint density at radius 3 is 2.02 bits per heavy atom. The monoisotopic (exact) mass is 558 g/mol. The van der Waals surface area contributed by atoms with Crippen LogP contribution in [-0.4, -0.2) is 15.8 Å². The molecule has 1 aliphatic carbocycles. The molecule has 0 saturated heterocycles. The summed E-state index contributed by atoms with van der Waals surface area (Å²) in [5.41, 5.74) is 6.64.